The number of esters is 2. The number of methoxy groups -OCH3 is 1. The van der Waals surface area contributed by atoms with Crippen LogP contribution in [0.2, 0.25) is 0 Å². The van der Waals surface area contributed by atoms with Gasteiger partial charge in [-0.2, -0.15) is 0 Å². The Hall–Kier alpha value is -3.58. The van der Waals surface area contributed by atoms with E-state index in [4.69, 9.17) is 21.7 Å². The number of benzene rings is 1. The molecule has 1 aromatic heterocycles. The SMILES string of the molecule is CCOC(=O)c1c(NC(=S)NC(=O)c2ccc(N3CCCC3)c([N+](=O)[O-])c2)sc(C(=O)OC)c1C. The second-order valence-corrected chi connectivity index (χ2v) is 8.96. The van der Waals surface area contributed by atoms with E-state index < -0.39 is 22.8 Å². The lowest BCUT2D eigenvalue weighted by Crippen LogP contribution is -2.34. The number of thiocarbonyl (C=S) groups is 1. The third-order valence-electron chi connectivity index (χ3n) is 5.33. The highest BCUT2D eigenvalue weighted by atomic mass is 32.1. The van der Waals surface area contributed by atoms with Gasteiger partial charge in [0.15, 0.2) is 5.11 Å². The molecule has 0 unspecified atom stereocenters. The number of rotatable bonds is 7. The number of thiophene rings is 1. The summed E-state index contributed by atoms with van der Waals surface area (Å²) in [5.41, 5.74) is 0.796. The van der Waals surface area contributed by atoms with Gasteiger partial charge in [-0.1, -0.05) is 0 Å². The largest absolute Gasteiger partial charge is 0.465 e. The maximum atomic E-state index is 12.8. The molecule has 2 N–H and O–H groups in total. The Bertz CT molecular complexity index is 1190. The third kappa shape index (κ3) is 5.74. The number of hydrogen-bond acceptors (Lipinski definition) is 10. The molecular formula is C22H24N4O7S2. The van der Waals surface area contributed by atoms with Gasteiger partial charge in [-0.05, 0) is 56.6 Å². The predicted octanol–water partition coefficient (Wildman–Crippen LogP) is 3.66. The molecule has 2 heterocycles. The normalized spacial score (nSPS) is 12.7. The van der Waals surface area contributed by atoms with Crippen molar-refractivity contribution in [2.75, 3.05) is 37.0 Å². The summed E-state index contributed by atoms with van der Waals surface area (Å²) in [7, 11) is 1.22. The molecule has 1 aliphatic heterocycles. The molecule has 3 rings (SSSR count). The van der Waals surface area contributed by atoms with Crippen LogP contribution in [-0.2, 0) is 9.47 Å². The molecule has 0 saturated carbocycles. The molecule has 11 nitrogen and oxygen atoms in total. The van der Waals surface area contributed by atoms with E-state index in [9.17, 15) is 24.5 Å². The monoisotopic (exact) mass is 520 g/mol. The zero-order valence-electron chi connectivity index (χ0n) is 19.3. The summed E-state index contributed by atoms with van der Waals surface area (Å²) in [6.07, 6.45) is 1.90. The summed E-state index contributed by atoms with van der Waals surface area (Å²) in [6.45, 7) is 4.78. The first-order valence-corrected chi connectivity index (χ1v) is 11.9. The molecule has 186 valence electrons. The molecule has 0 aliphatic carbocycles. The minimum atomic E-state index is -0.669. The average Bonchev–Trinajstić information content (AvgIpc) is 3.46. The van der Waals surface area contributed by atoms with Gasteiger partial charge >= 0.3 is 11.9 Å². The second-order valence-electron chi connectivity index (χ2n) is 7.54. The number of nitro benzene ring substituents is 1. The number of hydrogen-bond donors (Lipinski definition) is 2. The molecule has 0 bridgehead atoms. The van der Waals surface area contributed by atoms with Crippen LogP contribution in [-0.4, -0.2) is 54.7 Å². The molecule has 0 spiro atoms. The van der Waals surface area contributed by atoms with Crippen LogP contribution in [0.3, 0.4) is 0 Å². The number of nitro groups is 1. The number of amides is 1. The van der Waals surface area contributed by atoms with Gasteiger partial charge in [0, 0.05) is 24.7 Å². The summed E-state index contributed by atoms with van der Waals surface area (Å²) in [4.78, 5) is 50.5. The first-order chi connectivity index (χ1) is 16.7. The van der Waals surface area contributed by atoms with Crippen LogP contribution in [0.5, 0.6) is 0 Å². The van der Waals surface area contributed by atoms with E-state index >= 15 is 0 Å². The fraction of sp³-hybridized carbons (Fsp3) is 0.364. The van der Waals surface area contributed by atoms with Crippen molar-refractivity contribution >= 4 is 62.9 Å². The number of nitrogens with zero attached hydrogens (tertiary/aromatic N) is 2. The lowest BCUT2D eigenvalue weighted by atomic mass is 10.1. The first-order valence-electron chi connectivity index (χ1n) is 10.7. The Kier molecular flexibility index (Phi) is 8.35. The minimum Gasteiger partial charge on any atom is -0.465 e. The highest BCUT2D eigenvalue weighted by Crippen LogP contribution is 2.34. The molecule has 1 aliphatic rings. The van der Waals surface area contributed by atoms with Crippen LogP contribution in [0.25, 0.3) is 0 Å². The number of anilines is 2. The first kappa shape index (κ1) is 26.0. The Morgan fingerprint density at radius 3 is 2.51 bits per heavy atom. The molecule has 1 fully saturated rings. The minimum absolute atomic E-state index is 0.0482. The van der Waals surface area contributed by atoms with Crippen molar-refractivity contribution in [2.24, 2.45) is 0 Å². The van der Waals surface area contributed by atoms with E-state index in [-0.39, 0.29) is 38.4 Å². The van der Waals surface area contributed by atoms with E-state index in [1.165, 1.54) is 19.2 Å². The zero-order chi connectivity index (χ0) is 25.7. The summed E-state index contributed by atoms with van der Waals surface area (Å²) < 4.78 is 9.83. The van der Waals surface area contributed by atoms with Gasteiger partial charge in [0.2, 0.25) is 0 Å². The van der Waals surface area contributed by atoms with Crippen LogP contribution < -0.4 is 15.5 Å². The summed E-state index contributed by atoms with van der Waals surface area (Å²) >= 11 is 6.15. The topological polar surface area (TPSA) is 140 Å². The Morgan fingerprint density at radius 2 is 1.91 bits per heavy atom. The van der Waals surface area contributed by atoms with Crippen LogP contribution in [0.4, 0.5) is 16.4 Å². The number of ether oxygens (including phenoxy) is 2. The maximum absolute atomic E-state index is 12.8. The third-order valence-corrected chi connectivity index (χ3v) is 6.72. The second kappa shape index (κ2) is 11.2. The maximum Gasteiger partial charge on any atom is 0.348 e. The van der Waals surface area contributed by atoms with E-state index in [0.717, 1.165) is 37.3 Å². The Balaban J connectivity index is 1.81. The lowest BCUT2D eigenvalue weighted by molar-refractivity contribution is -0.384. The van der Waals surface area contributed by atoms with Crippen molar-refractivity contribution < 1.29 is 28.8 Å². The van der Waals surface area contributed by atoms with Crippen molar-refractivity contribution in [3.8, 4) is 0 Å². The van der Waals surface area contributed by atoms with E-state index in [1.54, 1.807) is 19.9 Å². The van der Waals surface area contributed by atoms with Gasteiger partial charge in [0.25, 0.3) is 11.6 Å². The molecular weight excluding hydrogens is 496 g/mol. The highest BCUT2D eigenvalue weighted by Gasteiger charge is 2.27. The van der Waals surface area contributed by atoms with Crippen molar-refractivity contribution in [1.82, 2.24) is 5.32 Å². The molecule has 2 aromatic rings. The van der Waals surface area contributed by atoms with E-state index in [2.05, 4.69) is 10.6 Å². The smallest absolute Gasteiger partial charge is 0.348 e. The van der Waals surface area contributed by atoms with Gasteiger partial charge in [0.05, 0.1) is 24.2 Å². The van der Waals surface area contributed by atoms with Crippen molar-refractivity contribution in [3.05, 3.63) is 49.9 Å². The Morgan fingerprint density at radius 1 is 1.23 bits per heavy atom. The van der Waals surface area contributed by atoms with E-state index in [1.807, 2.05) is 4.90 Å². The molecule has 1 amide bonds. The summed E-state index contributed by atoms with van der Waals surface area (Å²) in [5.74, 6) is -1.97. The van der Waals surface area contributed by atoms with Gasteiger partial charge in [-0.3, -0.25) is 20.2 Å². The quantitative estimate of drug-likeness (QED) is 0.241. The van der Waals surface area contributed by atoms with Crippen LogP contribution >= 0.6 is 23.6 Å². The molecule has 0 radical (unpaired) electrons. The van der Waals surface area contributed by atoms with Crippen LogP contribution in [0, 0.1) is 17.0 Å². The molecule has 1 saturated heterocycles. The molecule has 35 heavy (non-hydrogen) atoms. The standard InChI is InChI=1S/C22H24N4O7S2/c1-4-33-20(28)16-12(2)17(21(29)32-3)35-19(16)24-22(34)23-18(27)13-7-8-14(15(11-13)26(30)31)25-9-5-6-10-25/h7-8,11H,4-6,9-10H2,1-3H3,(H2,23,24,27,34). The fourth-order valence-corrected chi connectivity index (χ4v) is 5.06. The average molecular weight is 521 g/mol. The fourth-order valence-electron chi connectivity index (χ4n) is 3.68. The van der Waals surface area contributed by atoms with Crippen molar-refractivity contribution in [2.45, 2.75) is 26.7 Å². The number of carbonyl (C=O) groups excluding carboxylic acids is 3. The molecule has 13 heteroatoms. The van der Waals surface area contributed by atoms with Crippen molar-refractivity contribution in [1.29, 1.82) is 0 Å². The van der Waals surface area contributed by atoms with Gasteiger partial charge in [-0.25, -0.2) is 9.59 Å². The Labute approximate surface area is 210 Å². The molecule has 0 atom stereocenters. The van der Waals surface area contributed by atoms with E-state index in [0.29, 0.717) is 11.3 Å². The number of carbonyl (C=O) groups is 3. The van der Waals surface area contributed by atoms with Gasteiger partial charge < -0.3 is 19.7 Å². The highest BCUT2D eigenvalue weighted by molar-refractivity contribution is 7.80. The van der Waals surface area contributed by atoms with Gasteiger partial charge in [-0.15, -0.1) is 11.3 Å². The summed E-state index contributed by atoms with van der Waals surface area (Å²) in [5, 5.41) is 16.9. The number of nitrogens with one attached hydrogen (secondary N) is 2. The van der Waals surface area contributed by atoms with Crippen LogP contribution in [0.1, 0.15) is 55.7 Å². The predicted molar refractivity (Wildman–Crippen MR) is 135 cm³/mol. The van der Waals surface area contributed by atoms with Crippen molar-refractivity contribution in [3.63, 3.8) is 0 Å². The lowest BCUT2D eigenvalue weighted by Gasteiger charge is -2.18. The zero-order valence-corrected chi connectivity index (χ0v) is 21.0. The molecule has 1 aromatic carbocycles. The summed E-state index contributed by atoms with van der Waals surface area (Å²) in [6, 6.07) is 4.26. The van der Waals surface area contributed by atoms with Crippen LogP contribution in [0.15, 0.2) is 18.2 Å². The van der Waals surface area contributed by atoms with Gasteiger partial charge in [0.1, 0.15) is 15.6 Å².